The van der Waals surface area contributed by atoms with E-state index in [2.05, 4.69) is 15.9 Å². The molecule has 5 heteroatoms. The molecule has 138 valence electrons. The number of nitriles is 1. The minimum Gasteiger partial charge on any atom is -0.392 e. The van der Waals surface area contributed by atoms with Gasteiger partial charge in [-0.1, -0.05) is 37.5 Å². The third-order valence-electron chi connectivity index (χ3n) is 6.55. The van der Waals surface area contributed by atoms with Gasteiger partial charge in [0.15, 0.2) is 0 Å². The predicted molar refractivity (Wildman–Crippen MR) is 98.1 cm³/mol. The fourth-order valence-electron chi connectivity index (χ4n) is 5.21. The van der Waals surface area contributed by atoms with E-state index in [0.717, 1.165) is 31.4 Å². The Balaban J connectivity index is 1.58. The van der Waals surface area contributed by atoms with Crippen LogP contribution in [0, 0.1) is 11.3 Å². The molecule has 2 saturated heterocycles. The third-order valence-corrected chi connectivity index (χ3v) is 6.55. The van der Waals surface area contributed by atoms with Gasteiger partial charge in [0, 0.05) is 32.1 Å². The highest BCUT2D eigenvalue weighted by Gasteiger charge is 2.56. The molecule has 1 saturated carbocycles. The van der Waals surface area contributed by atoms with Gasteiger partial charge >= 0.3 is 0 Å². The first-order chi connectivity index (χ1) is 12.6. The summed E-state index contributed by atoms with van der Waals surface area (Å²) in [5, 5.41) is 19.7. The summed E-state index contributed by atoms with van der Waals surface area (Å²) in [5.74, 6) is 0.204. The highest BCUT2D eigenvalue weighted by molar-refractivity contribution is 5.89. The lowest BCUT2D eigenvalue weighted by Gasteiger charge is -2.36. The first-order valence-corrected chi connectivity index (χ1v) is 9.86. The molecule has 2 heterocycles. The molecule has 1 amide bonds. The van der Waals surface area contributed by atoms with E-state index >= 15 is 0 Å². The van der Waals surface area contributed by atoms with E-state index in [1.165, 1.54) is 19.3 Å². The number of carbonyl (C=O) groups excluding carboxylic acids is 1. The molecule has 1 aliphatic carbocycles. The van der Waals surface area contributed by atoms with Crippen LogP contribution in [-0.4, -0.2) is 51.6 Å². The Morgan fingerprint density at radius 3 is 2.77 bits per heavy atom. The molecule has 1 N–H and O–H groups in total. The Bertz CT molecular complexity index is 722. The Hall–Kier alpha value is -1.90. The van der Waals surface area contributed by atoms with E-state index in [1.807, 2.05) is 24.3 Å². The number of hydrogen-bond acceptors (Lipinski definition) is 4. The largest absolute Gasteiger partial charge is 0.392 e. The second-order valence-corrected chi connectivity index (χ2v) is 8.08. The molecule has 4 rings (SSSR count). The lowest BCUT2D eigenvalue weighted by molar-refractivity contribution is -0.139. The van der Waals surface area contributed by atoms with Gasteiger partial charge in [-0.2, -0.15) is 5.26 Å². The summed E-state index contributed by atoms with van der Waals surface area (Å²) in [6, 6.07) is 10.2. The average Bonchev–Trinajstić information content (AvgIpc) is 3.16. The van der Waals surface area contributed by atoms with E-state index < -0.39 is 11.6 Å². The van der Waals surface area contributed by atoms with Gasteiger partial charge in [0.25, 0.3) is 0 Å². The predicted octanol–water partition coefficient (Wildman–Crippen LogP) is 2.43. The van der Waals surface area contributed by atoms with Crippen molar-refractivity contribution in [1.82, 2.24) is 9.80 Å². The summed E-state index contributed by atoms with van der Waals surface area (Å²) in [5.41, 5.74) is 1.01. The van der Waals surface area contributed by atoms with Crippen LogP contribution in [0.25, 0.3) is 0 Å². The molecule has 1 aromatic carbocycles. The van der Waals surface area contributed by atoms with Crippen molar-refractivity contribution in [3.05, 3.63) is 35.4 Å². The second kappa shape index (κ2) is 7.02. The normalized spacial score (nSPS) is 30.2. The molecule has 0 aromatic heterocycles. The highest BCUT2D eigenvalue weighted by atomic mass is 16.3. The van der Waals surface area contributed by atoms with Crippen LogP contribution in [0.3, 0.4) is 0 Å². The number of likely N-dealkylation sites (tertiary alicyclic amines) is 2. The van der Waals surface area contributed by atoms with Crippen molar-refractivity contribution in [2.75, 3.05) is 13.1 Å². The van der Waals surface area contributed by atoms with Gasteiger partial charge in [0.2, 0.25) is 5.91 Å². The fourth-order valence-corrected chi connectivity index (χ4v) is 5.21. The van der Waals surface area contributed by atoms with Gasteiger partial charge in [-0.05, 0) is 30.9 Å². The SMILES string of the molecule is N#Cc1ccccc1CN1C[C@H](O)CC12CCN(C1CCCCC1)C2=O. The fraction of sp³-hybridized carbons (Fsp3) is 0.619. The van der Waals surface area contributed by atoms with Gasteiger partial charge in [-0.25, -0.2) is 0 Å². The standard InChI is InChI=1S/C21H27N3O2/c22-13-16-6-4-5-7-17(16)14-23-15-19(25)12-21(23)10-11-24(20(21)26)18-8-2-1-3-9-18/h4-7,18-19,25H,1-3,8-12,14-15H2/t19-,21?/m1/s1. The van der Waals surface area contributed by atoms with E-state index in [-0.39, 0.29) is 5.91 Å². The lowest BCUT2D eigenvalue weighted by atomic mass is 9.91. The molecule has 3 aliphatic rings. The molecular formula is C21H27N3O2. The monoisotopic (exact) mass is 353 g/mol. The zero-order chi connectivity index (χ0) is 18.1. The summed E-state index contributed by atoms with van der Waals surface area (Å²) in [6.45, 7) is 1.85. The maximum Gasteiger partial charge on any atom is 0.243 e. The Morgan fingerprint density at radius 1 is 1.23 bits per heavy atom. The second-order valence-electron chi connectivity index (χ2n) is 8.08. The van der Waals surface area contributed by atoms with Crippen molar-refractivity contribution in [2.24, 2.45) is 0 Å². The molecule has 0 bridgehead atoms. The van der Waals surface area contributed by atoms with Crippen molar-refractivity contribution < 1.29 is 9.90 Å². The quantitative estimate of drug-likeness (QED) is 0.906. The molecule has 2 aliphatic heterocycles. The molecule has 26 heavy (non-hydrogen) atoms. The van der Waals surface area contributed by atoms with Crippen LogP contribution in [0.4, 0.5) is 0 Å². The topological polar surface area (TPSA) is 67.6 Å². The zero-order valence-electron chi connectivity index (χ0n) is 15.2. The first kappa shape index (κ1) is 17.5. The number of benzene rings is 1. The number of amides is 1. The zero-order valence-corrected chi connectivity index (χ0v) is 15.2. The van der Waals surface area contributed by atoms with Crippen molar-refractivity contribution in [3.63, 3.8) is 0 Å². The minimum absolute atomic E-state index is 0.204. The van der Waals surface area contributed by atoms with Gasteiger partial charge in [-0.15, -0.1) is 0 Å². The number of nitrogens with zero attached hydrogens (tertiary/aromatic N) is 3. The Kier molecular flexibility index (Phi) is 4.73. The van der Waals surface area contributed by atoms with E-state index in [0.29, 0.717) is 31.1 Å². The van der Waals surface area contributed by atoms with Crippen LogP contribution < -0.4 is 0 Å². The molecule has 1 spiro atoms. The molecule has 5 nitrogen and oxygen atoms in total. The highest BCUT2D eigenvalue weighted by Crippen LogP contribution is 2.42. The number of hydrogen-bond donors (Lipinski definition) is 1. The molecule has 1 aromatic rings. The molecule has 2 atom stereocenters. The van der Waals surface area contributed by atoms with E-state index in [9.17, 15) is 15.2 Å². The number of carbonyl (C=O) groups is 1. The summed E-state index contributed by atoms with van der Waals surface area (Å²) < 4.78 is 0. The van der Waals surface area contributed by atoms with Gasteiger partial charge in [-0.3, -0.25) is 9.69 Å². The van der Waals surface area contributed by atoms with Crippen LogP contribution in [0.1, 0.15) is 56.1 Å². The van der Waals surface area contributed by atoms with E-state index in [1.54, 1.807) is 0 Å². The Labute approximate surface area is 155 Å². The minimum atomic E-state index is -0.584. The van der Waals surface area contributed by atoms with Crippen molar-refractivity contribution in [1.29, 1.82) is 5.26 Å². The van der Waals surface area contributed by atoms with Crippen molar-refractivity contribution >= 4 is 5.91 Å². The Morgan fingerprint density at radius 2 is 2.00 bits per heavy atom. The van der Waals surface area contributed by atoms with Crippen LogP contribution in [0.2, 0.25) is 0 Å². The van der Waals surface area contributed by atoms with Crippen LogP contribution in [-0.2, 0) is 11.3 Å². The van der Waals surface area contributed by atoms with Crippen LogP contribution in [0.15, 0.2) is 24.3 Å². The number of aliphatic hydroxyl groups is 1. The number of aliphatic hydroxyl groups excluding tert-OH is 1. The van der Waals surface area contributed by atoms with Gasteiger partial charge < -0.3 is 10.0 Å². The van der Waals surface area contributed by atoms with Crippen LogP contribution >= 0.6 is 0 Å². The first-order valence-electron chi connectivity index (χ1n) is 9.86. The van der Waals surface area contributed by atoms with Gasteiger partial charge in [0.05, 0.1) is 17.7 Å². The maximum absolute atomic E-state index is 13.4. The lowest BCUT2D eigenvalue weighted by Crippen LogP contribution is -2.51. The molecular weight excluding hydrogens is 326 g/mol. The van der Waals surface area contributed by atoms with Gasteiger partial charge in [0.1, 0.15) is 5.54 Å². The summed E-state index contributed by atoms with van der Waals surface area (Å²) in [7, 11) is 0. The smallest absolute Gasteiger partial charge is 0.243 e. The molecule has 1 unspecified atom stereocenters. The third kappa shape index (κ3) is 2.91. The molecule has 3 fully saturated rings. The number of rotatable bonds is 3. The summed E-state index contributed by atoms with van der Waals surface area (Å²) >= 11 is 0. The summed E-state index contributed by atoms with van der Waals surface area (Å²) in [4.78, 5) is 17.7. The molecule has 0 radical (unpaired) electrons. The van der Waals surface area contributed by atoms with E-state index in [4.69, 9.17) is 0 Å². The van der Waals surface area contributed by atoms with Crippen molar-refractivity contribution in [2.45, 2.75) is 69.2 Å². The number of β-amino-alcohol motifs (C(OH)–C–C–N with tert-alkyl or cyclic N) is 1. The van der Waals surface area contributed by atoms with Crippen LogP contribution in [0.5, 0.6) is 0 Å². The maximum atomic E-state index is 13.4. The average molecular weight is 353 g/mol. The van der Waals surface area contributed by atoms with Crippen molar-refractivity contribution in [3.8, 4) is 6.07 Å². The summed E-state index contributed by atoms with van der Waals surface area (Å²) in [6.07, 6.45) is 6.76.